The molecule has 0 aliphatic rings. The number of carboxylic acids is 1. The van der Waals surface area contributed by atoms with Crippen molar-refractivity contribution < 1.29 is 23.9 Å². The van der Waals surface area contributed by atoms with Gasteiger partial charge in [0.25, 0.3) is 5.91 Å². The summed E-state index contributed by atoms with van der Waals surface area (Å²) < 4.78 is 7.89. The Morgan fingerprint density at radius 2 is 2.11 bits per heavy atom. The summed E-state index contributed by atoms with van der Waals surface area (Å²) in [5.41, 5.74) is 0.381. The number of nitrogens with one attached hydrogen (secondary N) is 2. The van der Waals surface area contributed by atoms with Crippen LogP contribution in [0.2, 0.25) is 0 Å². The smallest absolute Gasteiger partial charge is 0.356 e. The van der Waals surface area contributed by atoms with Crippen LogP contribution in [0.4, 0.5) is 5.69 Å². The second kappa shape index (κ2) is 8.20. The number of nitrogens with zero attached hydrogens (tertiary/aromatic N) is 4. The molecule has 11 nitrogen and oxygen atoms in total. The van der Waals surface area contributed by atoms with Gasteiger partial charge in [-0.1, -0.05) is 0 Å². The Morgan fingerprint density at radius 1 is 1.29 bits per heavy atom. The molecule has 3 N–H and O–H groups in total. The maximum absolute atomic E-state index is 12.4. The summed E-state index contributed by atoms with van der Waals surface area (Å²) >= 11 is 0. The Kier molecular flexibility index (Phi) is 5.53. The summed E-state index contributed by atoms with van der Waals surface area (Å²) in [5, 5.41) is 22.0. The number of aromatic carboxylic acids is 1. The molecule has 3 aromatic heterocycles. The zero-order valence-electron chi connectivity index (χ0n) is 15.0. The number of amides is 2. The SMILES string of the molecule is Cn1ncc(NC(=O)CCn2ccc(C(=O)O)n2)c1C(=O)NCc1ccco1. The number of carbonyl (C=O) groups excluding carboxylic acids is 2. The molecular formula is C17H18N6O5. The molecular weight excluding hydrogens is 368 g/mol. The van der Waals surface area contributed by atoms with E-state index in [4.69, 9.17) is 9.52 Å². The van der Waals surface area contributed by atoms with E-state index < -0.39 is 11.9 Å². The molecule has 0 spiro atoms. The van der Waals surface area contributed by atoms with Crippen molar-refractivity contribution in [2.45, 2.75) is 19.5 Å². The molecule has 11 heteroatoms. The molecule has 3 heterocycles. The molecule has 28 heavy (non-hydrogen) atoms. The zero-order chi connectivity index (χ0) is 20.1. The number of carbonyl (C=O) groups is 3. The number of carboxylic acid groups (broad SMARTS) is 1. The molecule has 0 aromatic carbocycles. The predicted molar refractivity (Wildman–Crippen MR) is 95.5 cm³/mol. The third-order valence-electron chi connectivity index (χ3n) is 3.86. The van der Waals surface area contributed by atoms with Crippen LogP contribution in [-0.4, -0.2) is 42.5 Å². The molecule has 0 saturated heterocycles. The van der Waals surface area contributed by atoms with Gasteiger partial charge in [0.15, 0.2) is 5.69 Å². The lowest BCUT2D eigenvalue weighted by atomic mass is 10.3. The summed E-state index contributed by atoms with van der Waals surface area (Å²) in [7, 11) is 1.59. The Hall–Kier alpha value is -3.89. The van der Waals surface area contributed by atoms with Gasteiger partial charge in [-0.2, -0.15) is 10.2 Å². The highest BCUT2D eigenvalue weighted by Gasteiger charge is 2.19. The summed E-state index contributed by atoms with van der Waals surface area (Å²) in [4.78, 5) is 35.5. The van der Waals surface area contributed by atoms with Crippen molar-refractivity contribution >= 4 is 23.5 Å². The zero-order valence-corrected chi connectivity index (χ0v) is 15.0. The van der Waals surface area contributed by atoms with Gasteiger partial charge >= 0.3 is 5.97 Å². The van der Waals surface area contributed by atoms with Crippen molar-refractivity contribution in [2.75, 3.05) is 5.32 Å². The molecule has 0 aliphatic carbocycles. The minimum absolute atomic E-state index is 0.0447. The number of anilines is 1. The first-order chi connectivity index (χ1) is 13.4. The van der Waals surface area contributed by atoms with E-state index >= 15 is 0 Å². The van der Waals surface area contributed by atoms with Crippen molar-refractivity contribution in [3.8, 4) is 0 Å². The number of hydrogen-bond donors (Lipinski definition) is 3. The molecule has 0 fully saturated rings. The molecule has 0 saturated carbocycles. The number of aromatic nitrogens is 4. The fourth-order valence-electron chi connectivity index (χ4n) is 2.49. The van der Waals surface area contributed by atoms with E-state index in [-0.39, 0.29) is 42.5 Å². The maximum Gasteiger partial charge on any atom is 0.356 e. The first-order valence-corrected chi connectivity index (χ1v) is 8.33. The van der Waals surface area contributed by atoms with Crippen LogP contribution in [0, 0.1) is 0 Å². The Balaban J connectivity index is 1.58. The van der Waals surface area contributed by atoms with Crippen molar-refractivity contribution in [2.24, 2.45) is 7.05 Å². The van der Waals surface area contributed by atoms with E-state index in [9.17, 15) is 14.4 Å². The second-order valence-electron chi connectivity index (χ2n) is 5.86. The van der Waals surface area contributed by atoms with Gasteiger partial charge < -0.3 is 20.2 Å². The molecule has 0 atom stereocenters. The van der Waals surface area contributed by atoms with Crippen molar-refractivity contribution in [1.82, 2.24) is 24.9 Å². The molecule has 0 bridgehead atoms. The summed E-state index contributed by atoms with van der Waals surface area (Å²) in [6.07, 6.45) is 4.42. The lowest BCUT2D eigenvalue weighted by Gasteiger charge is -2.08. The quantitative estimate of drug-likeness (QED) is 0.521. The number of furan rings is 1. The van der Waals surface area contributed by atoms with Gasteiger partial charge in [0.2, 0.25) is 5.91 Å². The molecule has 0 aliphatic heterocycles. The van der Waals surface area contributed by atoms with Crippen LogP contribution in [-0.2, 0) is 24.9 Å². The fourth-order valence-corrected chi connectivity index (χ4v) is 2.49. The number of rotatable bonds is 8. The van der Waals surface area contributed by atoms with E-state index in [0.717, 1.165) is 0 Å². The molecule has 146 valence electrons. The Labute approximate surface area is 158 Å². The summed E-state index contributed by atoms with van der Waals surface area (Å²) in [6, 6.07) is 4.80. The average molecular weight is 386 g/mol. The molecule has 2 amide bonds. The van der Waals surface area contributed by atoms with Gasteiger partial charge in [-0.15, -0.1) is 0 Å². The first-order valence-electron chi connectivity index (χ1n) is 8.33. The van der Waals surface area contributed by atoms with E-state index in [2.05, 4.69) is 20.8 Å². The first kappa shape index (κ1) is 18.9. The minimum atomic E-state index is -1.14. The van der Waals surface area contributed by atoms with Gasteiger partial charge in [-0.3, -0.25) is 19.0 Å². The molecule has 0 unspecified atom stereocenters. The normalized spacial score (nSPS) is 10.6. The van der Waals surface area contributed by atoms with Crippen LogP contribution in [0.5, 0.6) is 0 Å². The highest BCUT2D eigenvalue weighted by atomic mass is 16.4. The van der Waals surface area contributed by atoms with Crippen molar-refractivity contribution in [3.63, 3.8) is 0 Å². The van der Waals surface area contributed by atoms with Gasteiger partial charge in [0.1, 0.15) is 11.5 Å². The van der Waals surface area contributed by atoms with Crippen LogP contribution < -0.4 is 10.6 Å². The van der Waals surface area contributed by atoms with E-state index in [0.29, 0.717) is 5.76 Å². The number of hydrogen-bond acceptors (Lipinski definition) is 6. The standard InChI is InChI=1S/C17H18N6O5/c1-22-15(16(25)18-9-11-3-2-8-28-11)13(10-19-22)20-14(24)5-7-23-6-4-12(21-23)17(26)27/h2-4,6,8,10H,5,7,9H2,1H3,(H,18,25)(H,20,24)(H,26,27). The van der Waals surface area contributed by atoms with Crippen LogP contribution in [0.3, 0.4) is 0 Å². The largest absolute Gasteiger partial charge is 0.476 e. The van der Waals surface area contributed by atoms with Crippen LogP contribution in [0.1, 0.15) is 33.2 Å². The molecule has 3 rings (SSSR count). The number of aryl methyl sites for hydroxylation is 2. The molecule has 0 radical (unpaired) electrons. The summed E-state index contributed by atoms with van der Waals surface area (Å²) in [5.74, 6) is -1.31. The highest BCUT2D eigenvalue weighted by Crippen LogP contribution is 2.15. The van der Waals surface area contributed by atoms with E-state index in [1.807, 2.05) is 0 Å². The average Bonchev–Trinajstić information content (AvgIpc) is 3.40. The van der Waals surface area contributed by atoms with Gasteiger partial charge in [-0.05, 0) is 18.2 Å². The lowest BCUT2D eigenvalue weighted by Crippen LogP contribution is -2.26. The van der Waals surface area contributed by atoms with Crippen molar-refractivity contribution in [3.05, 3.63) is 54.0 Å². The Morgan fingerprint density at radius 3 is 2.79 bits per heavy atom. The summed E-state index contributed by atoms with van der Waals surface area (Å²) in [6.45, 7) is 0.398. The predicted octanol–water partition coefficient (Wildman–Crippen LogP) is 0.867. The lowest BCUT2D eigenvalue weighted by molar-refractivity contribution is -0.116. The highest BCUT2D eigenvalue weighted by molar-refractivity contribution is 6.02. The Bertz CT molecular complexity index is 988. The maximum atomic E-state index is 12.4. The van der Waals surface area contributed by atoms with Crippen LogP contribution in [0.25, 0.3) is 0 Å². The second-order valence-corrected chi connectivity index (χ2v) is 5.86. The van der Waals surface area contributed by atoms with E-state index in [1.54, 1.807) is 19.2 Å². The van der Waals surface area contributed by atoms with E-state index in [1.165, 1.54) is 34.1 Å². The molecule has 3 aromatic rings. The van der Waals surface area contributed by atoms with Gasteiger partial charge in [-0.25, -0.2) is 4.79 Å². The fraction of sp³-hybridized carbons (Fsp3) is 0.235. The van der Waals surface area contributed by atoms with Crippen molar-refractivity contribution in [1.29, 1.82) is 0 Å². The monoisotopic (exact) mass is 386 g/mol. The topological polar surface area (TPSA) is 144 Å². The minimum Gasteiger partial charge on any atom is -0.476 e. The third-order valence-corrected chi connectivity index (χ3v) is 3.86. The van der Waals surface area contributed by atoms with Gasteiger partial charge in [0.05, 0.1) is 24.7 Å². The van der Waals surface area contributed by atoms with Gasteiger partial charge in [0, 0.05) is 26.2 Å². The van der Waals surface area contributed by atoms with Crippen LogP contribution in [0.15, 0.2) is 41.3 Å². The van der Waals surface area contributed by atoms with Crippen LogP contribution >= 0.6 is 0 Å². The third kappa shape index (κ3) is 4.44.